The fraction of sp³-hybridized carbons (Fsp3) is 0.0769. The quantitative estimate of drug-likeness (QED) is 0.805. The molecule has 0 unspecified atom stereocenters. The highest BCUT2D eigenvalue weighted by Gasteiger charge is 2.10. The normalized spacial score (nSPS) is 10.6. The minimum Gasteiger partial charge on any atom is -0.319 e. The summed E-state index contributed by atoms with van der Waals surface area (Å²) in [6.07, 6.45) is 6.55. The van der Waals surface area contributed by atoms with Crippen LogP contribution in [0.4, 0.5) is 5.69 Å². The Kier molecular flexibility index (Phi) is 3.68. The molecule has 0 spiro atoms. The van der Waals surface area contributed by atoms with Gasteiger partial charge in [-0.25, -0.2) is 15.0 Å². The van der Waals surface area contributed by atoms with Crippen molar-refractivity contribution in [2.75, 3.05) is 5.32 Å². The van der Waals surface area contributed by atoms with Gasteiger partial charge >= 0.3 is 0 Å². The molecule has 0 aliphatic heterocycles. The molecule has 3 rings (SSSR count). The van der Waals surface area contributed by atoms with Crippen molar-refractivity contribution in [1.29, 1.82) is 0 Å². The molecule has 0 radical (unpaired) electrons. The van der Waals surface area contributed by atoms with E-state index in [1.165, 1.54) is 11.3 Å². The van der Waals surface area contributed by atoms with Gasteiger partial charge in [0.25, 0.3) is 5.91 Å². The molecule has 3 heterocycles. The molecule has 1 N–H and O–H groups in total. The summed E-state index contributed by atoms with van der Waals surface area (Å²) in [7, 11) is 0. The summed E-state index contributed by atoms with van der Waals surface area (Å²) in [5, 5.41) is 2.72. The van der Waals surface area contributed by atoms with Gasteiger partial charge in [0.05, 0.1) is 27.3 Å². The van der Waals surface area contributed by atoms with Crippen LogP contribution >= 0.6 is 22.9 Å². The fourth-order valence-corrected chi connectivity index (χ4v) is 2.67. The summed E-state index contributed by atoms with van der Waals surface area (Å²) in [6.45, 7) is 1.86. The first-order chi connectivity index (χ1) is 10.1. The summed E-state index contributed by atoms with van der Waals surface area (Å²) < 4.78 is 2.33. The van der Waals surface area contributed by atoms with Crippen molar-refractivity contribution in [2.45, 2.75) is 6.92 Å². The number of aryl methyl sites for hydroxylation is 1. The molecule has 3 aromatic rings. The predicted octanol–water partition coefficient (Wildman–Crippen LogP) is 2.94. The predicted molar refractivity (Wildman–Crippen MR) is 81.2 cm³/mol. The number of halogens is 1. The van der Waals surface area contributed by atoms with Gasteiger partial charge in [-0.2, -0.15) is 0 Å². The molecular weight excluding hydrogens is 310 g/mol. The van der Waals surface area contributed by atoms with Crippen molar-refractivity contribution >= 4 is 34.5 Å². The molecule has 0 aliphatic carbocycles. The molecule has 0 aromatic carbocycles. The van der Waals surface area contributed by atoms with Crippen molar-refractivity contribution in [2.24, 2.45) is 0 Å². The molecular formula is C13H10ClN5OS. The third kappa shape index (κ3) is 2.93. The van der Waals surface area contributed by atoms with E-state index in [4.69, 9.17) is 11.6 Å². The number of anilines is 1. The van der Waals surface area contributed by atoms with Crippen LogP contribution in [-0.2, 0) is 0 Å². The largest absolute Gasteiger partial charge is 0.319 e. The van der Waals surface area contributed by atoms with Crippen molar-refractivity contribution < 1.29 is 4.79 Å². The number of carbonyl (C=O) groups is 1. The van der Waals surface area contributed by atoms with Crippen LogP contribution in [0.5, 0.6) is 0 Å². The van der Waals surface area contributed by atoms with E-state index in [1.54, 1.807) is 41.5 Å². The van der Waals surface area contributed by atoms with Gasteiger partial charge in [-0.15, -0.1) is 11.3 Å². The Morgan fingerprint density at radius 1 is 1.29 bits per heavy atom. The number of nitrogens with one attached hydrogen (secondary N) is 1. The number of thiophene rings is 1. The third-order valence-corrected chi connectivity index (χ3v) is 3.96. The van der Waals surface area contributed by atoms with Gasteiger partial charge in [0, 0.05) is 12.4 Å². The summed E-state index contributed by atoms with van der Waals surface area (Å²) in [5.74, 6) is 1.06. The van der Waals surface area contributed by atoms with Gasteiger partial charge in [0.1, 0.15) is 5.82 Å². The molecule has 1 amide bonds. The summed E-state index contributed by atoms with van der Waals surface area (Å²) in [5.41, 5.74) is 0.519. The molecule has 8 heteroatoms. The number of aromatic nitrogens is 4. The lowest BCUT2D eigenvalue weighted by atomic mass is 10.4. The first kappa shape index (κ1) is 13.7. The molecule has 3 aromatic heterocycles. The number of imidazole rings is 1. The van der Waals surface area contributed by atoms with Crippen molar-refractivity contribution in [3.05, 3.63) is 52.0 Å². The summed E-state index contributed by atoms with van der Waals surface area (Å²) in [4.78, 5) is 25.0. The zero-order valence-electron chi connectivity index (χ0n) is 10.9. The lowest BCUT2D eigenvalue weighted by molar-refractivity contribution is 0.103. The van der Waals surface area contributed by atoms with Crippen molar-refractivity contribution in [1.82, 2.24) is 19.5 Å². The van der Waals surface area contributed by atoms with Crippen LogP contribution in [0.3, 0.4) is 0 Å². The molecule has 0 atom stereocenters. The second kappa shape index (κ2) is 5.63. The van der Waals surface area contributed by atoms with Gasteiger partial charge in [-0.3, -0.25) is 9.36 Å². The third-order valence-electron chi connectivity index (χ3n) is 2.73. The zero-order chi connectivity index (χ0) is 14.8. The average molecular weight is 320 g/mol. The number of nitrogens with zero attached hydrogens (tertiary/aromatic N) is 4. The maximum Gasteiger partial charge on any atom is 0.265 e. The SMILES string of the molecule is Cc1nccn1-c1ncc(NC(=O)c2ccc(Cl)s2)cn1. The summed E-state index contributed by atoms with van der Waals surface area (Å²) >= 11 is 7.02. The van der Waals surface area contributed by atoms with E-state index in [0.29, 0.717) is 20.8 Å². The van der Waals surface area contributed by atoms with Crippen LogP contribution < -0.4 is 5.32 Å². The van der Waals surface area contributed by atoms with Gasteiger partial charge in [-0.1, -0.05) is 11.6 Å². The first-order valence-corrected chi connectivity index (χ1v) is 7.22. The lowest BCUT2D eigenvalue weighted by Gasteiger charge is -2.05. The standard InChI is InChI=1S/C13H10ClN5OS/c1-8-15-4-5-19(8)13-16-6-9(7-17-13)18-12(20)10-2-3-11(14)21-10/h2-7H,1H3,(H,18,20). The Morgan fingerprint density at radius 3 is 2.62 bits per heavy atom. The van der Waals surface area contributed by atoms with Crippen LogP contribution in [0.25, 0.3) is 5.95 Å². The number of rotatable bonds is 3. The molecule has 106 valence electrons. The lowest BCUT2D eigenvalue weighted by Crippen LogP contribution is -2.11. The minimum atomic E-state index is -0.234. The van der Waals surface area contributed by atoms with Crippen LogP contribution in [0.2, 0.25) is 4.34 Å². The number of hydrogen-bond donors (Lipinski definition) is 1. The second-order valence-corrected chi connectivity index (χ2v) is 5.89. The highest BCUT2D eigenvalue weighted by atomic mass is 35.5. The number of hydrogen-bond acceptors (Lipinski definition) is 5. The smallest absolute Gasteiger partial charge is 0.265 e. The first-order valence-electron chi connectivity index (χ1n) is 6.02. The number of carbonyl (C=O) groups excluding carboxylic acids is 1. The van der Waals surface area contributed by atoms with E-state index in [2.05, 4.69) is 20.3 Å². The number of amides is 1. The Morgan fingerprint density at radius 2 is 2.05 bits per heavy atom. The Labute approximate surface area is 129 Å². The Balaban J connectivity index is 1.76. The van der Waals surface area contributed by atoms with Crippen LogP contribution in [0.1, 0.15) is 15.5 Å². The van der Waals surface area contributed by atoms with Crippen molar-refractivity contribution in [3.63, 3.8) is 0 Å². The highest BCUT2D eigenvalue weighted by Crippen LogP contribution is 2.22. The molecule has 0 bridgehead atoms. The molecule has 0 saturated carbocycles. The van der Waals surface area contributed by atoms with Gasteiger partial charge < -0.3 is 5.32 Å². The second-order valence-electron chi connectivity index (χ2n) is 4.17. The molecule has 21 heavy (non-hydrogen) atoms. The minimum absolute atomic E-state index is 0.234. The van der Waals surface area contributed by atoms with E-state index in [1.807, 2.05) is 6.92 Å². The molecule has 0 saturated heterocycles. The topological polar surface area (TPSA) is 72.7 Å². The van der Waals surface area contributed by atoms with Gasteiger partial charge in [-0.05, 0) is 19.1 Å². The molecule has 0 aliphatic rings. The maximum atomic E-state index is 12.0. The average Bonchev–Trinajstić information content (AvgIpc) is 3.08. The van der Waals surface area contributed by atoms with Gasteiger partial charge in [0.2, 0.25) is 5.95 Å². The van der Waals surface area contributed by atoms with Crippen molar-refractivity contribution in [3.8, 4) is 5.95 Å². The van der Waals surface area contributed by atoms with E-state index in [0.717, 1.165) is 5.82 Å². The van der Waals surface area contributed by atoms with E-state index >= 15 is 0 Å². The fourth-order valence-electron chi connectivity index (χ4n) is 1.73. The summed E-state index contributed by atoms with van der Waals surface area (Å²) in [6, 6.07) is 3.36. The van der Waals surface area contributed by atoms with E-state index < -0.39 is 0 Å². The zero-order valence-corrected chi connectivity index (χ0v) is 12.5. The highest BCUT2D eigenvalue weighted by molar-refractivity contribution is 7.18. The van der Waals surface area contributed by atoms with Crippen LogP contribution in [0.15, 0.2) is 36.9 Å². The molecule has 6 nitrogen and oxygen atoms in total. The molecule has 0 fully saturated rings. The van der Waals surface area contributed by atoms with Gasteiger partial charge in [0.15, 0.2) is 0 Å². The van der Waals surface area contributed by atoms with Crippen LogP contribution in [0, 0.1) is 6.92 Å². The monoisotopic (exact) mass is 319 g/mol. The Bertz CT molecular complexity index is 780. The van der Waals surface area contributed by atoms with Crippen LogP contribution in [-0.4, -0.2) is 25.4 Å². The van der Waals surface area contributed by atoms with E-state index in [9.17, 15) is 4.79 Å². The maximum absolute atomic E-state index is 12.0. The van der Waals surface area contributed by atoms with E-state index in [-0.39, 0.29) is 5.91 Å². The Hall–Kier alpha value is -2.25.